The summed E-state index contributed by atoms with van der Waals surface area (Å²) >= 11 is 0. The summed E-state index contributed by atoms with van der Waals surface area (Å²) in [7, 11) is 2.24. The lowest BCUT2D eigenvalue weighted by Crippen LogP contribution is -2.28. The molecule has 35 heavy (non-hydrogen) atoms. The molecule has 0 fully saturated rings. The third-order valence-electron chi connectivity index (χ3n) is 7.60. The van der Waals surface area contributed by atoms with E-state index >= 15 is 0 Å². The number of aryl methyl sites for hydroxylation is 5. The smallest absolute Gasteiger partial charge is 0.160 e. The number of nitrogens with zero attached hydrogens (tertiary/aromatic N) is 3. The van der Waals surface area contributed by atoms with Crippen LogP contribution in [0.4, 0.5) is 0 Å². The van der Waals surface area contributed by atoms with Crippen LogP contribution in [0, 0.1) is 6.92 Å². The summed E-state index contributed by atoms with van der Waals surface area (Å²) in [6, 6.07) is 15.9. The van der Waals surface area contributed by atoms with E-state index in [2.05, 4.69) is 75.2 Å². The Balaban J connectivity index is 1.73. The number of hydrogen-bond acceptors (Lipinski definition) is 4. The van der Waals surface area contributed by atoms with E-state index in [0.717, 1.165) is 43.0 Å². The van der Waals surface area contributed by atoms with Crippen LogP contribution in [0.1, 0.15) is 85.3 Å². The van der Waals surface area contributed by atoms with E-state index < -0.39 is 0 Å². The van der Waals surface area contributed by atoms with Crippen molar-refractivity contribution in [3.8, 4) is 11.4 Å². The van der Waals surface area contributed by atoms with Gasteiger partial charge in [0.1, 0.15) is 0 Å². The van der Waals surface area contributed by atoms with Crippen molar-refractivity contribution in [3.05, 3.63) is 81.7 Å². The number of hydrogen-bond donors (Lipinski definition) is 1. The Labute approximate surface area is 211 Å². The summed E-state index contributed by atoms with van der Waals surface area (Å²) in [5, 5.41) is 10.1. The Kier molecular flexibility index (Phi) is 8.35. The van der Waals surface area contributed by atoms with Gasteiger partial charge >= 0.3 is 0 Å². The molecule has 4 rings (SSSR count). The maximum atomic E-state index is 10.1. The van der Waals surface area contributed by atoms with Gasteiger partial charge in [-0.1, -0.05) is 56.3 Å². The number of aromatic nitrogens is 2. The first kappa shape index (κ1) is 25.5. The predicted octanol–water partition coefficient (Wildman–Crippen LogP) is 6.40. The Morgan fingerprint density at radius 3 is 2.43 bits per heavy atom. The molecule has 0 radical (unpaired) electrons. The van der Waals surface area contributed by atoms with E-state index in [-0.39, 0.29) is 6.10 Å². The zero-order chi connectivity index (χ0) is 24.9. The third kappa shape index (κ3) is 5.65. The number of rotatable bonds is 9. The van der Waals surface area contributed by atoms with E-state index in [1.165, 1.54) is 52.6 Å². The first-order valence-electron chi connectivity index (χ1n) is 13.4. The highest BCUT2D eigenvalue weighted by Gasteiger charge is 2.25. The van der Waals surface area contributed by atoms with Crippen LogP contribution in [-0.4, -0.2) is 33.1 Å². The van der Waals surface area contributed by atoms with Gasteiger partial charge in [-0.2, -0.15) is 0 Å². The molecule has 0 amide bonds. The summed E-state index contributed by atoms with van der Waals surface area (Å²) in [5.41, 5.74) is 10.1. The Morgan fingerprint density at radius 2 is 1.74 bits per heavy atom. The van der Waals surface area contributed by atoms with Gasteiger partial charge in [0.15, 0.2) is 5.82 Å². The molecule has 2 aromatic carbocycles. The number of benzene rings is 2. The quantitative estimate of drug-likeness (QED) is 0.392. The van der Waals surface area contributed by atoms with Crippen molar-refractivity contribution in [3.63, 3.8) is 0 Å². The second-order valence-corrected chi connectivity index (χ2v) is 10.1. The second kappa shape index (κ2) is 11.5. The molecule has 0 bridgehead atoms. The highest BCUT2D eigenvalue weighted by atomic mass is 16.3. The fourth-order valence-corrected chi connectivity index (χ4v) is 5.60. The van der Waals surface area contributed by atoms with Gasteiger partial charge in [-0.3, -0.25) is 4.90 Å². The third-order valence-corrected chi connectivity index (χ3v) is 7.60. The minimum Gasteiger partial charge on any atom is -0.393 e. The average molecular weight is 472 g/mol. The summed E-state index contributed by atoms with van der Waals surface area (Å²) in [5.74, 6) is 0.840. The molecule has 0 saturated heterocycles. The van der Waals surface area contributed by atoms with E-state index in [1.807, 2.05) is 6.92 Å². The molecular weight excluding hydrogens is 430 g/mol. The van der Waals surface area contributed by atoms with Gasteiger partial charge in [-0.15, -0.1) is 0 Å². The van der Waals surface area contributed by atoms with Crippen LogP contribution in [-0.2, 0) is 32.2 Å². The summed E-state index contributed by atoms with van der Waals surface area (Å²) < 4.78 is 0. The van der Waals surface area contributed by atoms with Crippen LogP contribution < -0.4 is 0 Å². The van der Waals surface area contributed by atoms with E-state index in [9.17, 15) is 5.11 Å². The van der Waals surface area contributed by atoms with Crippen molar-refractivity contribution in [2.24, 2.45) is 0 Å². The monoisotopic (exact) mass is 471 g/mol. The van der Waals surface area contributed by atoms with E-state index in [4.69, 9.17) is 9.97 Å². The predicted molar refractivity (Wildman–Crippen MR) is 145 cm³/mol. The van der Waals surface area contributed by atoms with Gasteiger partial charge in [0, 0.05) is 35.1 Å². The van der Waals surface area contributed by atoms with Gasteiger partial charge in [-0.25, -0.2) is 9.97 Å². The lowest BCUT2D eigenvalue weighted by Gasteiger charge is -2.34. The highest BCUT2D eigenvalue weighted by molar-refractivity contribution is 5.65. The minimum absolute atomic E-state index is 0.348. The number of aliphatic hydroxyl groups is 1. The largest absolute Gasteiger partial charge is 0.393 e. The molecule has 2 atom stereocenters. The normalized spacial score (nSPS) is 16.4. The summed E-state index contributed by atoms with van der Waals surface area (Å²) in [4.78, 5) is 12.8. The van der Waals surface area contributed by atoms with Crippen molar-refractivity contribution in [1.29, 1.82) is 0 Å². The fraction of sp³-hybridized carbons (Fsp3) is 0.484. The molecule has 4 nitrogen and oxygen atoms in total. The molecule has 1 N–H and O–H groups in total. The van der Waals surface area contributed by atoms with E-state index in [0.29, 0.717) is 12.5 Å². The molecule has 0 saturated carbocycles. The molecule has 1 aliphatic rings. The van der Waals surface area contributed by atoms with Crippen molar-refractivity contribution in [1.82, 2.24) is 14.9 Å². The van der Waals surface area contributed by atoms with E-state index in [1.54, 1.807) is 0 Å². The van der Waals surface area contributed by atoms with Crippen LogP contribution in [0.2, 0.25) is 0 Å². The van der Waals surface area contributed by atoms with Crippen LogP contribution in [0.25, 0.3) is 11.4 Å². The Morgan fingerprint density at radius 1 is 1.03 bits per heavy atom. The van der Waals surface area contributed by atoms with Gasteiger partial charge in [0.25, 0.3) is 0 Å². The molecule has 4 heteroatoms. The average Bonchev–Trinajstić information content (AvgIpc) is 2.87. The van der Waals surface area contributed by atoms with Crippen molar-refractivity contribution in [2.75, 3.05) is 7.05 Å². The topological polar surface area (TPSA) is 49.2 Å². The van der Waals surface area contributed by atoms with Crippen LogP contribution in [0.3, 0.4) is 0 Å². The molecule has 3 aromatic rings. The lowest BCUT2D eigenvalue weighted by molar-refractivity contribution is 0.183. The summed E-state index contributed by atoms with van der Waals surface area (Å²) in [6.45, 7) is 9.21. The summed E-state index contributed by atoms with van der Waals surface area (Å²) in [6.07, 6.45) is 6.61. The first-order chi connectivity index (χ1) is 16.9. The number of aliphatic hydroxyl groups excluding tert-OH is 1. The van der Waals surface area contributed by atoms with Crippen LogP contribution in [0.15, 0.2) is 42.5 Å². The molecular formula is C31H41N3O. The Hall–Kier alpha value is -2.56. The zero-order valence-corrected chi connectivity index (χ0v) is 22.1. The SMILES string of the molecule is CCc1cccc(CC)c1-c1nc(C)c(CN(C)[C@H]2CCCc3ccccc32)c(CCC(C)O)n1. The number of fused-ring (bicyclic) bond motifs is 1. The molecule has 1 aliphatic carbocycles. The maximum Gasteiger partial charge on any atom is 0.160 e. The van der Waals surface area contributed by atoms with Crippen molar-refractivity contribution < 1.29 is 5.11 Å². The first-order valence-corrected chi connectivity index (χ1v) is 13.4. The minimum atomic E-state index is -0.348. The van der Waals surface area contributed by atoms with Gasteiger partial charge < -0.3 is 5.11 Å². The molecule has 186 valence electrons. The molecule has 0 aliphatic heterocycles. The fourth-order valence-electron chi connectivity index (χ4n) is 5.60. The standard InChI is InChI=1S/C31H41N3O/c1-6-23-13-10-14-24(7-2)30(23)31-32-22(4)27(28(33-31)19-18-21(3)35)20-34(5)29-17-11-15-25-12-8-9-16-26(25)29/h8-10,12-14,16,21,29,35H,6-7,11,15,17-20H2,1-5H3/t21?,29-/m0/s1. The van der Waals surface area contributed by atoms with Crippen LogP contribution >= 0.6 is 0 Å². The highest BCUT2D eigenvalue weighted by Crippen LogP contribution is 2.35. The molecule has 0 spiro atoms. The molecule has 1 aromatic heterocycles. The second-order valence-electron chi connectivity index (χ2n) is 10.1. The van der Waals surface area contributed by atoms with Crippen LogP contribution in [0.5, 0.6) is 0 Å². The Bertz CT molecular complexity index is 1130. The van der Waals surface area contributed by atoms with Crippen molar-refractivity contribution >= 4 is 0 Å². The maximum absolute atomic E-state index is 10.1. The molecule has 1 unspecified atom stereocenters. The van der Waals surface area contributed by atoms with Gasteiger partial charge in [0.2, 0.25) is 0 Å². The van der Waals surface area contributed by atoms with Crippen molar-refractivity contribution in [2.45, 2.75) is 91.3 Å². The zero-order valence-electron chi connectivity index (χ0n) is 22.1. The molecule has 1 heterocycles. The van der Waals surface area contributed by atoms with Gasteiger partial charge in [0.05, 0.1) is 6.10 Å². The lowest BCUT2D eigenvalue weighted by atomic mass is 9.86. The van der Waals surface area contributed by atoms with Gasteiger partial charge in [-0.05, 0) is 88.1 Å².